The Morgan fingerprint density at radius 3 is 2.62 bits per heavy atom. The second kappa shape index (κ2) is 8.38. The van der Waals surface area contributed by atoms with Crippen molar-refractivity contribution in [3.8, 4) is 0 Å². The Morgan fingerprint density at radius 1 is 1.19 bits per heavy atom. The van der Waals surface area contributed by atoms with Crippen LogP contribution >= 0.6 is 15.9 Å². The molecule has 0 fully saturated rings. The predicted octanol–water partition coefficient (Wildman–Crippen LogP) is 5.04. The van der Waals surface area contributed by atoms with E-state index in [9.17, 15) is 4.79 Å². The second-order valence-electron chi connectivity index (χ2n) is 5.67. The first kappa shape index (κ1) is 16.3. The lowest BCUT2D eigenvalue weighted by Gasteiger charge is -2.28. The van der Waals surface area contributed by atoms with Gasteiger partial charge in [-0.05, 0) is 38.2 Å². The lowest BCUT2D eigenvalue weighted by atomic mass is 10.0. The summed E-state index contributed by atoms with van der Waals surface area (Å²) in [4.78, 5) is 14.4. The Balaban J connectivity index is 2.20. The molecule has 1 atom stereocenters. The molecule has 0 saturated carbocycles. The summed E-state index contributed by atoms with van der Waals surface area (Å²) >= 11 is 3.44. The van der Waals surface area contributed by atoms with Gasteiger partial charge in [0.05, 0.1) is 11.4 Å². The van der Waals surface area contributed by atoms with Gasteiger partial charge in [-0.15, -0.1) is 0 Å². The Hall–Kier alpha value is -1.09. The molecule has 0 bridgehead atoms. The van der Waals surface area contributed by atoms with Gasteiger partial charge in [-0.2, -0.15) is 0 Å². The minimum Gasteiger partial charge on any atom is -0.311 e. The molecule has 1 aliphatic rings. The van der Waals surface area contributed by atoms with Crippen LogP contribution in [0.15, 0.2) is 42.1 Å². The molecule has 1 amide bonds. The van der Waals surface area contributed by atoms with Gasteiger partial charge in [0, 0.05) is 5.70 Å². The normalized spacial score (nSPS) is 19.8. The number of carbonyl (C=O) groups is 1. The van der Waals surface area contributed by atoms with Crippen LogP contribution in [-0.2, 0) is 11.3 Å². The molecule has 0 spiro atoms. The van der Waals surface area contributed by atoms with E-state index in [1.165, 1.54) is 36.9 Å². The van der Waals surface area contributed by atoms with E-state index in [-0.39, 0.29) is 10.7 Å². The average Bonchev–Trinajstić information content (AvgIpc) is 2.45. The lowest BCUT2D eigenvalue weighted by molar-refractivity contribution is -0.129. The summed E-state index contributed by atoms with van der Waals surface area (Å²) in [6, 6.07) is 10.2. The molecule has 0 N–H and O–H groups in total. The van der Waals surface area contributed by atoms with Gasteiger partial charge in [0.25, 0.3) is 0 Å². The number of alkyl halides is 1. The van der Waals surface area contributed by atoms with Crippen molar-refractivity contribution >= 4 is 21.8 Å². The second-order valence-corrected chi connectivity index (χ2v) is 7.05. The molecule has 114 valence electrons. The highest BCUT2D eigenvalue weighted by Crippen LogP contribution is 2.23. The van der Waals surface area contributed by atoms with E-state index in [0.29, 0.717) is 6.54 Å². The van der Waals surface area contributed by atoms with E-state index >= 15 is 0 Å². The molecule has 1 aromatic carbocycles. The number of nitrogens with zero attached hydrogens (tertiary/aromatic N) is 1. The van der Waals surface area contributed by atoms with Crippen molar-refractivity contribution in [3.63, 3.8) is 0 Å². The number of benzene rings is 1. The van der Waals surface area contributed by atoms with Crippen LogP contribution in [0.3, 0.4) is 0 Å². The van der Waals surface area contributed by atoms with E-state index in [0.717, 1.165) is 12.8 Å². The van der Waals surface area contributed by atoms with Crippen molar-refractivity contribution in [2.45, 2.75) is 56.8 Å². The summed E-state index contributed by atoms with van der Waals surface area (Å²) < 4.78 is 0. The van der Waals surface area contributed by atoms with Gasteiger partial charge in [0.2, 0.25) is 5.91 Å². The maximum absolute atomic E-state index is 12.6. The molecular weight excluding hydrogens is 326 g/mol. The Bertz CT molecular complexity index is 481. The zero-order valence-corrected chi connectivity index (χ0v) is 14.3. The predicted molar refractivity (Wildman–Crippen MR) is 91.2 cm³/mol. The fourth-order valence-electron chi connectivity index (χ4n) is 2.72. The maximum Gasteiger partial charge on any atom is 0.240 e. The third-order valence-corrected chi connectivity index (χ3v) is 4.30. The Morgan fingerprint density at radius 2 is 1.90 bits per heavy atom. The van der Waals surface area contributed by atoms with Crippen LogP contribution in [0.2, 0.25) is 0 Å². The summed E-state index contributed by atoms with van der Waals surface area (Å²) in [5.41, 5.74) is 2.39. The van der Waals surface area contributed by atoms with Crippen molar-refractivity contribution in [3.05, 3.63) is 47.7 Å². The summed E-state index contributed by atoms with van der Waals surface area (Å²) in [5, 5.41) is 0. The quantitative estimate of drug-likeness (QED) is 0.697. The van der Waals surface area contributed by atoms with Gasteiger partial charge in [-0.3, -0.25) is 4.79 Å². The van der Waals surface area contributed by atoms with Crippen LogP contribution in [0.25, 0.3) is 0 Å². The Labute approximate surface area is 136 Å². The monoisotopic (exact) mass is 349 g/mol. The van der Waals surface area contributed by atoms with Crippen molar-refractivity contribution in [2.24, 2.45) is 0 Å². The number of hydrogen-bond acceptors (Lipinski definition) is 1. The topological polar surface area (TPSA) is 20.3 Å². The number of halogens is 1. The van der Waals surface area contributed by atoms with Gasteiger partial charge in [0.15, 0.2) is 0 Å². The first-order chi connectivity index (χ1) is 10.2. The smallest absolute Gasteiger partial charge is 0.240 e. The molecule has 0 radical (unpaired) electrons. The SMILES string of the molecule is CC(Br)C(=O)N(Cc1ccccc1)/C1=C/CCCCCC1. The molecule has 2 rings (SSSR count). The van der Waals surface area contributed by atoms with Gasteiger partial charge in [-0.25, -0.2) is 0 Å². The third kappa shape index (κ3) is 4.99. The molecule has 1 aliphatic carbocycles. The average molecular weight is 350 g/mol. The van der Waals surface area contributed by atoms with Crippen molar-refractivity contribution in [1.82, 2.24) is 4.90 Å². The molecule has 1 unspecified atom stereocenters. The largest absolute Gasteiger partial charge is 0.311 e. The van der Waals surface area contributed by atoms with Crippen LogP contribution in [0, 0.1) is 0 Å². The van der Waals surface area contributed by atoms with Crippen molar-refractivity contribution < 1.29 is 4.79 Å². The molecule has 0 aliphatic heterocycles. The van der Waals surface area contributed by atoms with Gasteiger partial charge in [-0.1, -0.05) is 65.2 Å². The van der Waals surface area contributed by atoms with Crippen LogP contribution in [-0.4, -0.2) is 15.6 Å². The third-order valence-electron chi connectivity index (χ3n) is 3.90. The fraction of sp³-hybridized carbons (Fsp3) is 0.500. The Kier molecular flexibility index (Phi) is 6.50. The standard InChI is InChI=1S/C18H24BrNO/c1-15(19)18(21)20(14-16-10-6-5-7-11-16)17-12-8-3-2-4-9-13-17/h5-7,10-12,15H,2-4,8-9,13-14H2,1H3/b17-12+. The fourth-order valence-corrected chi connectivity index (χ4v) is 2.97. The van der Waals surface area contributed by atoms with E-state index in [4.69, 9.17) is 0 Å². The van der Waals surface area contributed by atoms with E-state index < -0.39 is 0 Å². The summed E-state index contributed by atoms with van der Waals surface area (Å²) in [6.07, 6.45) is 9.37. The zero-order chi connectivity index (χ0) is 15.1. The minimum absolute atomic E-state index is 0.146. The van der Waals surface area contributed by atoms with Crippen molar-refractivity contribution in [2.75, 3.05) is 0 Å². The summed E-state index contributed by atoms with van der Waals surface area (Å²) in [6.45, 7) is 2.57. The van der Waals surface area contributed by atoms with E-state index in [2.05, 4.69) is 34.1 Å². The molecule has 21 heavy (non-hydrogen) atoms. The highest BCUT2D eigenvalue weighted by Gasteiger charge is 2.22. The van der Waals surface area contributed by atoms with Gasteiger partial charge >= 0.3 is 0 Å². The van der Waals surface area contributed by atoms with Crippen molar-refractivity contribution in [1.29, 1.82) is 0 Å². The summed E-state index contributed by atoms with van der Waals surface area (Å²) in [5.74, 6) is 0.158. The first-order valence-electron chi connectivity index (χ1n) is 7.87. The number of amides is 1. The number of carbonyl (C=O) groups excluding carboxylic acids is 1. The zero-order valence-electron chi connectivity index (χ0n) is 12.7. The molecule has 0 aromatic heterocycles. The number of hydrogen-bond donors (Lipinski definition) is 0. The van der Waals surface area contributed by atoms with Crippen LogP contribution in [0.5, 0.6) is 0 Å². The molecule has 0 saturated heterocycles. The first-order valence-corrected chi connectivity index (χ1v) is 8.78. The highest BCUT2D eigenvalue weighted by atomic mass is 79.9. The molecule has 2 nitrogen and oxygen atoms in total. The van der Waals surface area contributed by atoms with Gasteiger partial charge in [0.1, 0.15) is 0 Å². The molecule has 1 aromatic rings. The van der Waals surface area contributed by atoms with E-state index in [1.54, 1.807) is 0 Å². The molecule has 3 heteroatoms. The maximum atomic E-state index is 12.6. The lowest BCUT2D eigenvalue weighted by Crippen LogP contribution is -2.34. The minimum atomic E-state index is -0.146. The van der Waals surface area contributed by atoms with Crippen LogP contribution in [0.1, 0.15) is 51.0 Å². The number of rotatable bonds is 4. The van der Waals surface area contributed by atoms with E-state index in [1.807, 2.05) is 30.0 Å². The molecular formula is C18H24BrNO. The van der Waals surface area contributed by atoms with Gasteiger partial charge < -0.3 is 4.90 Å². The highest BCUT2D eigenvalue weighted by molar-refractivity contribution is 9.10. The summed E-state index contributed by atoms with van der Waals surface area (Å²) in [7, 11) is 0. The van der Waals surface area contributed by atoms with Crippen LogP contribution < -0.4 is 0 Å². The molecule has 0 heterocycles. The van der Waals surface area contributed by atoms with Crippen LogP contribution in [0.4, 0.5) is 0 Å². The number of allylic oxidation sites excluding steroid dienone is 2.